The van der Waals surface area contributed by atoms with E-state index in [4.69, 9.17) is 4.74 Å². The normalized spacial score (nSPS) is 12.6. The Morgan fingerprint density at radius 3 is 1.68 bits per heavy atom. The van der Waals surface area contributed by atoms with Gasteiger partial charge in [0, 0.05) is 16.7 Å². The van der Waals surface area contributed by atoms with E-state index in [-0.39, 0.29) is 11.6 Å². The van der Waals surface area contributed by atoms with Gasteiger partial charge in [-0.25, -0.2) is 0 Å². The van der Waals surface area contributed by atoms with Crippen molar-refractivity contribution in [1.82, 2.24) is 0 Å². The van der Waals surface area contributed by atoms with Crippen molar-refractivity contribution < 1.29 is 14.3 Å². The molecule has 0 unspecified atom stereocenters. The molecule has 0 heterocycles. The second-order valence-corrected chi connectivity index (χ2v) is 7.44. The van der Waals surface area contributed by atoms with Crippen molar-refractivity contribution in [1.29, 1.82) is 0 Å². The highest BCUT2D eigenvalue weighted by molar-refractivity contribution is 6.29. The Bertz CT molecular complexity index is 1140. The van der Waals surface area contributed by atoms with Gasteiger partial charge in [0.15, 0.2) is 11.6 Å². The lowest BCUT2D eigenvalue weighted by Gasteiger charge is -2.23. The predicted molar refractivity (Wildman–Crippen MR) is 110 cm³/mol. The van der Waals surface area contributed by atoms with Gasteiger partial charge in [0.25, 0.3) is 0 Å². The number of fused-ring (bicyclic) bond motifs is 2. The van der Waals surface area contributed by atoms with Crippen LogP contribution >= 0.6 is 0 Å². The molecule has 0 atom stereocenters. The molecule has 0 radical (unpaired) electrons. The van der Waals surface area contributed by atoms with Gasteiger partial charge in [-0.3, -0.25) is 9.59 Å². The summed E-state index contributed by atoms with van der Waals surface area (Å²) in [7, 11) is 0. The number of ether oxygens (including phenoxy) is 1. The molecule has 3 heteroatoms. The highest BCUT2D eigenvalue weighted by Gasteiger charge is 2.32. The van der Waals surface area contributed by atoms with Gasteiger partial charge in [0.1, 0.15) is 11.5 Å². The molecule has 1 aliphatic carbocycles. The van der Waals surface area contributed by atoms with Crippen molar-refractivity contribution in [2.45, 2.75) is 34.6 Å². The maximum atomic E-state index is 13.2. The monoisotopic (exact) mass is 370 g/mol. The molecule has 0 fully saturated rings. The Balaban J connectivity index is 1.90. The van der Waals surface area contributed by atoms with Crippen molar-refractivity contribution in [2.75, 3.05) is 0 Å². The highest BCUT2D eigenvalue weighted by atomic mass is 16.5. The molecule has 1 aliphatic rings. The van der Waals surface area contributed by atoms with Crippen molar-refractivity contribution in [2.24, 2.45) is 0 Å². The number of rotatable bonds is 2. The standard InChI is InChI=1S/C25H22O3/c1-13-14(2)16(4)25(17(5)15(13)3)28-21-12-8-11-20-22(21)24(27)19-10-7-6-9-18(19)23(20)26/h6-12H,1-5H3. The molecule has 0 aromatic heterocycles. The van der Waals surface area contributed by atoms with Crippen LogP contribution in [-0.4, -0.2) is 11.6 Å². The third-order valence-electron chi connectivity index (χ3n) is 6.06. The quantitative estimate of drug-likeness (QED) is 0.448. The van der Waals surface area contributed by atoms with Gasteiger partial charge in [0.2, 0.25) is 0 Å². The topological polar surface area (TPSA) is 43.4 Å². The van der Waals surface area contributed by atoms with Gasteiger partial charge < -0.3 is 4.74 Å². The first kappa shape index (κ1) is 18.2. The van der Waals surface area contributed by atoms with Crippen LogP contribution in [0.3, 0.4) is 0 Å². The summed E-state index contributed by atoms with van der Waals surface area (Å²) in [6, 6.07) is 12.2. The van der Waals surface area contributed by atoms with E-state index in [0.717, 1.165) is 16.9 Å². The predicted octanol–water partition coefficient (Wildman–Crippen LogP) is 5.80. The lowest BCUT2D eigenvalue weighted by Crippen LogP contribution is -2.21. The number of carbonyl (C=O) groups is 2. The van der Waals surface area contributed by atoms with E-state index in [9.17, 15) is 9.59 Å². The molecule has 0 saturated carbocycles. The molecule has 0 saturated heterocycles. The Kier molecular flexibility index (Phi) is 4.19. The molecule has 140 valence electrons. The number of carbonyl (C=O) groups excluding carboxylic acids is 2. The molecule has 4 rings (SSSR count). The van der Waals surface area contributed by atoms with E-state index in [1.165, 1.54) is 16.7 Å². The van der Waals surface area contributed by atoms with Crippen LogP contribution in [-0.2, 0) is 0 Å². The first-order chi connectivity index (χ1) is 13.3. The molecule has 0 spiro atoms. The zero-order valence-corrected chi connectivity index (χ0v) is 16.8. The maximum Gasteiger partial charge on any atom is 0.198 e. The van der Waals surface area contributed by atoms with Gasteiger partial charge in [-0.1, -0.05) is 36.4 Å². The molecule has 3 aromatic rings. The third-order valence-corrected chi connectivity index (χ3v) is 6.06. The van der Waals surface area contributed by atoms with E-state index in [1.54, 1.807) is 42.5 Å². The van der Waals surface area contributed by atoms with E-state index in [0.29, 0.717) is 28.0 Å². The maximum absolute atomic E-state index is 13.2. The van der Waals surface area contributed by atoms with Crippen LogP contribution in [0.2, 0.25) is 0 Å². The minimum Gasteiger partial charge on any atom is -0.456 e. The van der Waals surface area contributed by atoms with Crippen LogP contribution in [0.15, 0.2) is 42.5 Å². The molecule has 3 nitrogen and oxygen atoms in total. The summed E-state index contributed by atoms with van der Waals surface area (Å²) in [6.45, 7) is 10.3. The van der Waals surface area contributed by atoms with Crippen molar-refractivity contribution in [3.63, 3.8) is 0 Å². The minimum absolute atomic E-state index is 0.139. The van der Waals surface area contributed by atoms with Crippen LogP contribution in [0.1, 0.15) is 59.7 Å². The van der Waals surface area contributed by atoms with Crippen LogP contribution in [0.25, 0.3) is 0 Å². The van der Waals surface area contributed by atoms with Crippen LogP contribution in [0.4, 0.5) is 0 Å². The lowest BCUT2D eigenvalue weighted by molar-refractivity contribution is 0.0977. The summed E-state index contributed by atoms with van der Waals surface area (Å²) in [5.74, 6) is 0.879. The fourth-order valence-corrected chi connectivity index (χ4v) is 3.93. The largest absolute Gasteiger partial charge is 0.456 e. The first-order valence-corrected chi connectivity index (χ1v) is 9.39. The fourth-order valence-electron chi connectivity index (χ4n) is 3.93. The number of ketones is 2. The van der Waals surface area contributed by atoms with Gasteiger partial charge in [-0.2, -0.15) is 0 Å². The Labute approximate surface area is 165 Å². The summed E-state index contributed by atoms with van der Waals surface area (Å²) in [5.41, 5.74) is 7.33. The first-order valence-electron chi connectivity index (χ1n) is 9.39. The molecule has 0 aliphatic heterocycles. The van der Waals surface area contributed by atoms with Crippen LogP contribution in [0, 0.1) is 34.6 Å². The second kappa shape index (κ2) is 6.45. The third kappa shape index (κ3) is 2.50. The Morgan fingerprint density at radius 1 is 0.571 bits per heavy atom. The van der Waals surface area contributed by atoms with Gasteiger partial charge in [-0.15, -0.1) is 0 Å². The van der Waals surface area contributed by atoms with Crippen molar-refractivity contribution in [3.8, 4) is 11.5 Å². The molecule has 28 heavy (non-hydrogen) atoms. The summed E-state index contributed by atoms with van der Waals surface area (Å²) in [5, 5.41) is 0. The smallest absolute Gasteiger partial charge is 0.198 e. The molecule has 0 bridgehead atoms. The van der Waals surface area contributed by atoms with E-state index in [1.807, 2.05) is 13.8 Å². The fraction of sp³-hybridized carbons (Fsp3) is 0.200. The average Bonchev–Trinajstić information content (AvgIpc) is 2.72. The number of hydrogen-bond donors (Lipinski definition) is 0. The van der Waals surface area contributed by atoms with E-state index >= 15 is 0 Å². The summed E-state index contributed by atoms with van der Waals surface area (Å²) < 4.78 is 6.32. The number of hydrogen-bond acceptors (Lipinski definition) is 3. The Hall–Kier alpha value is -3.20. The second-order valence-electron chi connectivity index (χ2n) is 7.44. The SMILES string of the molecule is Cc1c(C)c(C)c(Oc2cccc3c2C(=O)c2ccccc2C3=O)c(C)c1C. The van der Waals surface area contributed by atoms with Crippen LogP contribution in [0.5, 0.6) is 11.5 Å². The van der Waals surface area contributed by atoms with E-state index in [2.05, 4.69) is 20.8 Å². The summed E-state index contributed by atoms with van der Waals surface area (Å²) in [6.07, 6.45) is 0. The summed E-state index contributed by atoms with van der Waals surface area (Å²) in [4.78, 5) is 26.1. The molecule has 0 N–H and O–H groups in total. The molecular weight excluding hydrogens is 348 g/mol. The highest BCUT2D eigenvalue weighted by Crippen LogP contribution is 2.39. The molecule has 0 amide bonds. The van der Waals surface area contributed by atoms with E-state index < -0.39 is 0 Å². The van der Waals surface area contributed by atoms with Gasteiger partial charge in [-0.05, 0) is 68.5 Å². The Morgan fingerprint density at radius 2 is 1.07 bits per heavy atom. The minimum atomic E-state index is -0.170. The van der Waals surface area contributed by atoms with Gasteiger partial charge >= 0.3 is 0 Å². The molecule has 3 aromatic carbocycles. The van der Waals surface area contributed by atoms with Gasteiger partial charge in [0.05, 0.1) is 5.56 Å². The van der Waals surface area contributed by atoms with Crippen molar-refractivity contribution in [3.05, 3.63) is 92.5 Å². The van der Waals surface area contributed by atoms with Crippen LogP contribution < -0.4 is 4.74 Å². The number of benzene rings is 3. The van der Waals surface area contributed by atoms with Crippen molar-refractivity contribution >= 4 is 11.6 Å². The summed E-state index contributed by atoms with van der Waals surface area (Å²) >= 11 is 0. The lowest BCUT2D eigenvalue weighted by atomic mass is 9.83. The zero-order chi connectivity index (χ0) is 20.2. The average molecular weight is 370 g/mol. The zero-order valence-electron chi connectivity index (χ0n) is 16.8. The molecular formula is C25H22O3.